The second kappa shape index (κ2) is 4.96. The zero-order chi connectivity index (χ0) is 14.3. The van der Waals surface area contributed by atoms with Gasteiger partial charge in [-0.25, -0.2) is 18.4 Å². The number of hydrogen-bond donors (Lipinski definition) is 1. The fraction of sp³-hybridized carbons (Fsp3) is 0.538. The lowest BCUT2D eigenvalue weighted by Crippen LogP contribution is -2.08. The van der Waals surface area contributed by atoms with Gasteiger partial charge in [0.15, 0.2) is 9.84 Å². The molecule has 2 aromatic rings. The number of hydrogen-bond acceptors (Lipinski definition) is 6. The molecule has 0 bridgehead atoms. The fourth-order valence-electron chi connectivity index (χ4n) is 2.53. The van der Waals surface area contributed by atoms with Gasteiger partial charge < -0.3 is 5.32 Å². The normalized spacial score (nSPS) is 21.4. The lowest BCUT2D eigenvalue weighted by atomic mass is 10.1. The van der Waals surface area contributed by atoms with E-state index in [1.165, 1.54) is 4.88 Å². The molecule has 7 heteroatoms. The van der Waals surface area contributed by atoms with Crippen molar-refractivity contribution in [1.82, 2.24) is 9.97 Å². The van der Waals surface area contributed by atoms with Crippen molar-refractivity contribution in [3.05, 3.63) is 16.8 Å². The Labute approximate surface area is 122 Å². The Hall–Kier alpha value is -1.21. The Morgan fingerprint density at radius 2 is 2.25 bits per heavy atom. The summed E-state index contributed by atoms with van der Waals surface area (Å²) in [5, 5.41) is 4.12. The second-order valence-electron chi connectivity index (χ2n) is 5.07. The zero-order valence-corrected chi connectivity index (χ0v) is 13.1. The van der Waals surface area contributed by atoms with Crippen molar-refractivity contribution in [2.75, 3.05) is 23.9 Å². The summed E-state index contributed by atoms with van der Waals surface area (Å²) < 4.78 is 23.2. The molecule has 1 unspecified atom stereocenters. The summed E-state index contributed by atoms with van der Waals surface area (Å²) in [6.45, 7) is 2.11. The van der Waals surface area contributed by atoms with Crippen molar-refractivity contribution in [2.24, 2.45) is 0 Å². The van der Waals surface area contributed by atoms with Crippen LogP contribution in [0.2, 0.25) is 0 Å². The highest BCUT2D eigenvalue weighted by atomic mass is 32.2. The number of rotatable bonds is 3. The number of sulfone groups is 1. The van der Waals surface area contributed by atoms with E-state index in [-0.39, 0.29) is 17.4 Å². The average Bonchev–Trinajstić information content (AvgIpc) is 2.99. The number of nitrogens with one attached hydrogen (secondary N) is 1. The summed E-state index contributed by atoms with van der Waals surface area (Å²) in [5.41, 5.74) is 0. The molecule has 0 aliphatic carbocycles. The molecule has 2 aromatic heterocycles. The van der Waals surface area contributed by atoms with Crippen LogP contribution in [0.25, 0.3) is 10.2 Å². The van der Waals surface area contributed by atoms with Gasteiger partial charge >= 0.3 is 0 Å². The van der Waals surface area contributed by atoms with Gasteiger partial charge in [-0.1, -0.05) is 6.92 Å². The molecular formula is C13H17N3O2S2. The van der Waals surface area contributed by atoms with E-state index in [0.717, 1.165) is 22.5 Å². The first-order valence-corrected chi connectivity index (χ1v) is 9.34. The van der Waals surface area contributed by atoms with Crippen molar-refractivity contribution >= 4 is 37.2 Å². The highest BCUT2D eigenvalue weighted by molar-refractivity contribution is 7.91. The summed E-state index contributed by atoms with van der Waals surface area (Å²) in [4.78, 5) is 11.3. The highest BCUT2D eigenvalue weighted by Gasteiger charge is 2.31. The first-order chi connectivity index (χ1) is 9.52. The zero-order valence-electron chi connectivity index (χ0n) is 11.5. The predicted molar refractivity (Wildman–Crippen MR) is 82.4 cm³/mol. The molecule has 1 saturated heterocycles. The molecule has 1 aliphatic heterocycles. The van der Waals surface area contributed by atoms with Crippen molar-refractivity contribution < 1.29 is 8.42 Å². The summed E-state index contributed by atoms with van der Waals surface area (Å²) in [6.07, 6.45) is 1.60. The van der Waals surface area contributed by atoms with Crippen LogP contribution in [0.5, 0.6) is 0 Å². The van der Waals surface area contributed by atoms with E-state index in [4.69, 9.17) is 0 Å². The third-order valence-corrected chi connectivity index (χ3v) is 6.59. The number of aryl methyl sites for hydroxylation is 1. The molecular weight excluding hydrogens is 294 g/mol. The maximum absolute atomic E-state index is 11.6. The second-order valence-corrected chi connectivity index (χ2v) is 8.41. The monoisotopic (exact) mass is 311 g/mol. The minimum absolute atomic E-state index is 0.0660. The number of nitrogens with zero attached hydrogens (tertiary/aromatic N) is 2. The molecule has 5 nitrogen and oxygen atoms in total. The first-order valence-electron chi connectivity index (χ1n) is 6.71. The van der Waals surface area contributed by atoms with Crippen LogP contribution in [-0.4, -0.2) is 36.9 Å². The lowest BCUT2D eigenvalue weighted by Gasteiger charge is -2.09. The topological polar surface area (TPSA) is 72.0 Å². The molecule has 0 saturated carbocycles. The molecule has 108 valence electrons. The molecule has 3 rings (SSSR count). The molecule has 1 atom stereocenters. The van der Waals surface area contributed by atoms with E-state index >= 15 is 0 Å². The van der Waals surface area contributed by atoms with Crippen molar-refractivity contribution in [3.8, 4) is 0 Å². The molecule has 3 heterocycles. The van der Waals surface area contributed by atoms with Gasteiger partial charge in [0.1, 0.15) is 16.5 Å². The van der Waals surface area contributed by atoms with Crippen LogP contribution in [0.3, 0.4) is 0 Å². The Morgan fingerprint density at radius 1 is 1.45 bits per heavy atom. The maximum atomic E-state index is 11.6. The molecule has 1 fully saturated rings. The van der Waals surface area contributed by atoms with Gasteiger partial charge in [0.2, 0.25) is 0 Å². The van der Waals surface area contributed by atoms with E-state index in [0.29, 0.717) is 12.2 Å². The van der Waals surface area contributed by atoms with Crippen LogP contribution >= 0.6 is 11.3 Å². The van der Waals surface area contributed by atoms with E-state index in [1.54, 1.807) is 11.3 Å². The van der Waals surface area contributed by atoms with Gasteiger partial charge in [-0.2, -0.15) is 0 Å². The van der Waals surface area contributed by atoms with Gasteiger partial charge in [0.25, 0.3) is 0 Å². The van der Waals surface area contributed by atoms with Gasteiger partial charge in [-0.05, 0) is 18.9 Å². The summed E-state index contributed by atoms with van der Waals surface area (Å²) >= 11 is 1.66. The minimum atomic E-state index is -2.91. The third-order valence-electron chi connectivity index (χ3n) is 3.64. The van der Waals surface area contributed by atoms with Gasteiger partial charge in [-0.3, -0.25) is 0 Å². The SMILES string of the molecule is CCc1cc2c(NC)nc(C3CCS(=O)(=O)C3)nc2s1. The number of anilines is 1. The quantitative estimate of drug-likeness (QED) is 0.941. The molecule has 1 N–H and O–H groups in total. The van der Waals surface area contributed by atoms with Crippen LogP contribution in [0.15, 0.2) is 6.07 Å². The minimum Gasteiger partial charge on any atom is -0.372 e. The Morgan fingerprint density at radius 3 is 2.85 bits per heavy atom. The van der Waals surface area contributed by atoms with E-state index in [2.05, 4.69) is 28.3 Å². The third kappa shape index (κ3) is 2.40. The Balaban J connectivity index is 2.08. The van der Waals surface area contributed by atoms with Crippen LogP contribution in [0.1, 0.15) is 30.0 Å². The standard InChI is InChI=1S/C13H17N3O2S2/c1-3-9-6-10-12(14-2)15-11(16-13(10)19-9)8-4-5-20(17,18)7-8/h6,8H,3-5,7H2,1-2H3,(H,14,15,16). The van der Waals surface area contributed by atoms with E-state index < -0.39 is 9.84 Å². The Bertz CT molecular complexity index is 752. The fourth-order valence-corrected chi connectivity index (χ4v) is 5.25. The average molecular weight is 311 g/mol. The summed E-state index contributed by atoms with van der Waals surface area (Å²) in [5.74, 6) is 1.81. The van der Waals surface area contributed by atoms with Crippen molar-refractivity contribution in [1.29, 1.82) is 0 Å². The van der Waals surface area contributed by atoms with Gasteiger partial charge in [-0.15, -0.1) is 11.3 Å². The molecule has 1 aliphatic rings. The van der Waals surface area contributed by atoms with Crippen LogP contribution in [-0.2, 0) is 16.3 Å². The van der Waals surface area contributed by atoms with E-state index in [1.807, 2.05) is 7.05 Å². The molecule has 0 radical (unpaired) electrons. The largest absolute Gasteiger partial charge is 0.372 e. The molecule has 20 heavy (non-hydrogen) atoms. The van der Waals surface area contributed by atoms with Crippen molar-refractivity contribution in [3.63, 3.8) is 0 Å². The highest BCUT2D eigenvalue weighted by Crippen LogP contribution is 2.33. The number of aromatic nitrogens is 2. The van der Waals surface area contributed by atoms with Crippen LogP contribution in [0.4, 0.5) is 5.82 Å². The molecule has 0 aromatic carbocycles. The van der Waals surface area contributed by atoms with Gasteiger partial charge in [0, 0.05) is 17.8 Å². The van der Waals surface area contributed by atoms with Gasteiger partial charge in [0.05, 0.1) is 16.9 Å². The summed E-state index contributed by atoms with van der Waals surface area (Å²) in [6, 6.07) is 2.11. The van der Waals surface area contributed by atoms with Crippen LogP contribution in [0, 0.1) is 0 Å². The number of fused-ring (bicyclic) bond motifs is 1. The predicted octanol–water partition coefficient (Wildman–Crippen LogP) is 2.20. The Kier molecular flexibility index (Phi) is 3.41. The first kappa shape index (κ1) is 13.8. The lowest BCUT2D eigenvalue weighted by molar-refractivity contribution is 0.601. The number of thiophene rings is 1. The van der Waals surface area contributed by atoms with E-state index in [9.17, 15) is 8.42 Å². The molecule has 0 amide bonds. The van der Waals surface area contributed by atoms with Crippen LogP contribution < -0.4 is 5.32 Å². The van der Waals surface area contributed by atoms with Crippen molar-refractivity contribution in [2.45, 2.75) is 25.7 Å². The maximum Gasteiger partial charge on any atom is 0.151 e. The molecule has 0 spiro atoms. The summed E-state index contributed by atoms with van der Waals surface area (Å²) in [7, 11) is -1.08. The smallest absolute Gasteiger partial charge is 0.151 e.